The normalized spacial score (nSPS) is 18.5. The first kappa shape index (κ1) is 20.6. The molecule has 1 atom stereocenters. The van der Waals surface area contributed by atoms with Crippen molar-refractivity contribution in [3.63, 3.8) is 0 Å². The highest BCUT2D eigenvalue weighted by atomic mass is 16.2. The fraction of sp³-hybridized carbons (Fsp3) is 0.304. The number of rotatable bonds is 5. The zero-order chi connectivity index (χ0) is 22.5. The van der Waals surface area contributed by atoms with Gasteiger partial charge in [-0.2, -0.15) is 5.10 Å². The van der Waals surface area contributed by atoms with Crippen LogP contribution in [0.25, 0.3) is 5.69 Å². The van der Waals surface area contributed by atoms with Crippen molar-refractivity contribution in [1.29, 1.82) is 0 Å². The molecular weight excluding hydrogens is 394 g/mol. The Bertz CT molecular complexity index is 1220. The average Bonchev–Trinajstić information content (AvgIpc) is 3.33. The van der Waals surface area contributed by atoms with Gasteiger partial charge in [-0.25, -0.2) is 4.79 Å². The Hall–Kier alpha value is -3.68. The largest absolute Gasteiger partial charge is 0.325 e. The molecule has 0 spiro atoms. The van der Waals surface area contributed by atoms with Crippen molar-refractivity contribution in [2.24, 2.45) is 7.05 Å². The molecule has 0 saturated carbocycles. The number of nitrogens with zero attached hydrogens (tertiary/aromatic N) is 4. The molecule has 1 saturated heterocycles. The molecule has 3 amide bonds. The second kappa shape index (κ2) is 7.23. The van der Waals surface area contributed by atoms with E-state index in [0.717, 1.165) is 27.5 Å². The van der Waals surface area contributed by atoms with E-state index in [9.17, 15) is 14.4 Å². The van der Waals surface area contributed by atoms with E-state index in [1.807, 2.05) is 49.6 Å². The number of Topliss-reactive ketones (excluding diaryl/α,β-unsaturated/α-hetero) is 1. The van der Waals surface area contributed by atoms with Crippen molar-refractivity contribution in [3.05, 3.63) is 70.8 Å². The summed E-state index contributed by atoms with van der Waals surface area (Å²) in [7, 11) is 1.74. The number of hydrogen-bond acceptors (Lipinski definition) is 4. The van der Waals surface area contributed by atoms with Gasteiger partial charge in [-0.15, -0.1) is 0 Å². The van der Waals surface area contributed by atoms with Gasteiger partial charge in [-0.1, -0.05) is 12.1 Å². The number of nitrogens with one attached hydrogen (secondary N) is 1. The summed E-state index contributed by atoms with van der Waals surface area (Å²) >= 11 is 0. The Morgan fingerprint density at radius 2 is 1.90 bits per heavy atom. The standard InChI is InChI=1S/C23H25N5O3/c1-14-7-6-8-18(9-14)28-15(2)10-19(16(28)3)20(29)13-27-21(30)23(4,25-22(27)31)17-11-24-26(5)12-17/h6-12H,13H2,1-5H3,(H,25,31)/t23-/m1/s1. The van der Waals surface area contributed by atoms with Crippen LogP contribution in [0.4, 0.5) is 4.79 Å². The van der Waals surface area contributed by atoms with Crippen LogP contribution in [0.2, 0.25) is 0 Å². The van der Waals surface area contributed by atoms with Gasteiger partial charge in [-0.3, -0.25) is 19.2 Å². The van der Waals surface area contributed by atoms with Gasteiger partial charge in [-0.05, 0) is 51.5 Å². The molecule has 31 heavy (non-hydrogen) atoms. The highest BCUT2D eigenvalue weighted by molar-refractivity contribution is 6.11. The lowest BCUT2D eigenvalue weighted by Gasteiger charge is -2.19. The first-order chi connectivity index (χ1) is 14.6. The van der Waals surface area contributed by atoms with Gasteiger partial charge in [0.1, 0.15) is 5.54 Å². The molecule has 3 aromatic rings. The third-order valence-corrected chi connectivity index (χ3v) is 5.85. The molecule has 8 nitrogen and oxygen atoms in total. The molecule has 0 unspecified atom stereocenters. The minimum atomic E-state index is -1.25. The highest BCUT2D eigenvalue weighted by Crippen LogP contribution is 2.29. The van der Waals surface area contributed by atoms with Gasteiger partial charge in [0, 0.05) is 41.4 Å². The maximum atomic E-state index is 13.1. The van der Waals surface area contributed by atoms with Crippen molar-refractivity contribution >= 4 is 17.7 Å². The van der Waals surface area contributed by atoms with Crippen molar-refractivity contribution in [2.75, 3.05) is 6.54 Å². The minimum Gasteiger partial charge on any atom is -0.319 e. The van der Waals surface area contributed by atoms with Gasteiger partial charge < -0.3 is 9.88 Å². The number of benzene rings is 1. The zero-order valence-electron chi connectivity index (χ0n) is 18.3. The van der Waals surface area contributed by atoms with E-state index in [-0.39, 0.29) is 12.3 Å². The average molecular weight is 419 g/mol. The number of carbonyl (C=O) groups is 3. The molecule has 1 aliphatic rings. The lowest BCUT2D eigenvalue weighted by molar-refractivity contribution is -0.130. The summed E-state index contributed by atoms with van der Waals surface area (Å²) < 4.78 is 3.57. The zero-order valence-corrected chi connectivity index (χ0v) is 18.3. The van der Waals surface area contributed by atoms with Crippen molar-refractivity contribution in [2.45, 2.75) is 33.2 Å². The monoisotopic (exact) mass is 419 g/mol. The third kappa shape index (κ3) is 3.34. The molecule has 1 aliphatic heterocycles. The van der Waals surface area contributed by atoms with E-state index in [1.165, 1.54) is 0 Å². The molecule has 0 aliphatic carbocycles. The van der Waals surface area contributed by atoms with Gasteiger partial charge in [0.05, 0.1) is 12.7 Å². The molecule has 0 radical (unpaired) electrons. The van der Waals surface area contributed by atoms with E-state index in [2.05, 4.69) is 10.4 Å². The van der Waals surface area contributed by atoms with Crippen molar-refractivity contribution in [1.82, 2.24) is 24.6 Å². The summed E-state index contributed by atoms with van der Waals surface area (Å²) in [6.45, 7) is 7.12. The quantitative estimate of drug-likeness (QED) is 0.509. The summed E-state index contributed by atoms with van der Waals surface area (Å²) in [5.74, 6) is -0.753. The van der Waals surface area contributed by atoms with Gasteiger partial charge >= 0.3 is 6.03 Å². The number of imide groups is 1. The van der Waals surface area contributed by atoms with Gasteiger partial charge in [0.25, 0.3) is 5.91 Å². The number of aryl methyl sites for hydroxylation is 3. The maximum absolute atomic E-state index is 13.1. The molecule has 3 heterocycles. The molecule has 160 valence electrons. The number of ketones is 1. The maximum Gasteiger partial charge on any atom is 0.325 e. The summed E-state index contributed by atoms with van der Waals surface area (Å²) in [4.78, 5) is 39.8. The second-order valence-electron chi connectivity index (χ2n) is 8.23. The first-order valence-corrected chi connectivity index (χ1v) is 10.0. The van der Waals surface area contributed by atoms with Crippen LogP contribution in [0.3, 0.4) is 0 Å². The fourth-order valence-electron chi connectivity index (χ4n) is 4.15. The minimum absolute atomic E-state index is 0.286. The van der Waals surface area contributed by atoms with Gasteiger partial charge in [0.15, 0.2) is 5.78 Å². The van der Waals surface area contributed by atoms with E-state index in [4.69, 9.17) is 0 Å². The molecule has 1 fully saturated rings. The van der Waals surface area contributed by atoms with E-state index < -0.39 is 17.5 Å². The molecule has 0 bridgehead atoms. The van der Waals surface area contributed by atoms with Crippen LogP contribution < -0.4 is 5.32 Å². The van der Waals surface area contributed by atoms with E-state index in [1.54, 1.807) is 37.1 Å². The number of hydrogen-bond donors (Lipinski definition) is 1. The van der Waals surface area contributed by atoms with Crippen LogP contribution in [-0.4, -0.2) is 43.5 Å². The Morgan fingerprint density at radius 1 is 1.16 bits per heavy atom. The Labute approximate surface area is 180 Å². The topological polar surface area (TPSA) is 89.2 Å². The molecule has 1 N–H and O–H groups in total. The van der Waals surface area contributed by atoms with Crippen LogP contribution in [0, 0.1) is 20.8 Å². The second-order valence-corrected chi connectivity index (χ2v) is 8.23. The summed E-state index contributed by atoms with van der Waals surface area (Å²) in [5.41, 5.74) is 3.58. The van der Waals surface area contributed by atoms with Crippen molar-refractivity contribution in [3.8, 4) is 5.69 Å². The van der Waals surface area contributed by atoms with E-state index >= 15 is 0 Å². The molecular formula is C23H25N5O3. The fourth-order valence-corrected chi connectivity index (χ4v) is 4.15. The predicted octanol–water partition coefficient (Wildman–Crippen LogP) is 2.79. The predicted molar refractivity (Wildman–Crippen MR) is 115 cm³/mol. The van der Waals surface area contributed by atoms with Crippen LogP contribution in [0.5, 0.6) is 0 Å². The summed E-state index contributed by atoms with van der Waals surface area (Å²) in [6, 6.07) is 9.23. The number of amides is 3. The number of urea groups is 1. The SMILES string of the molecule is Cc1cccc(-n2c(C)cc(C(=O)CN3C(=O)N[C@](C)(c4cnn(C)c4)C3=O)c2C)c1. The number of aromatic nitrogens is 3. The summed E-state index contributed by atoms with van der Waals surface area (Å²) in [5, 5.41) is 6.79. The first-order valence-electron chi connectivity index (χ1n) is 10.0. The molecule has 8 heteroatoms. The van der Waals surface area contributed by atoms with E-state index in [0.29, 0.717) is 11.1 Å². The van der Waals surface area contributed by atoms with Gasteiger partial charge in [0.2, 0.25) is 0 Å². The Balaban J connectivity index is 1.61. The number of carbonyl (C=O) groups excluding carboxylic acids is 3. The lowest BCUT2D eigenvalue weighted by Crippen LogP contribution is -2.41. The highest BCUT2D eigenvalue weighted by Gasteiger charge is 2.50. The smallest absolute Gasteiger partial charge is 0.319 e. The van der Waals surface area contributed by atoms with Crippen molar-refractivity contribution < 1.29 is 14.4 Å². The van der Waals surface area contributed by atoms with Crippen LogP contribution in [-0.2, 0) is 17.4 Å². The van der Waals surface area contributed by atoms with Crippen LogP contribution in [0.15, 0.2) is 42.7 Å². The van der Waals surface area contributed by atoms with Crippen LogP contribution >= 0.6 is 0 Å². The lowest BCUT2D eigenvalue weighted by atomic mass is 9.95. The van der Waals surface area contributed by atoms with Crippen LogP contribution in [0.1, 0.15) is 39.8 Å². The summed E-state index contributed by atoms with van der Waals surface area (Å²) in [6.07, 6.45) is 3.22. The molecule has 2 aromatic heterocycles. The molecule has 4 rings (SSSR count). The third-order valence-electron chi connectivity index (χ3n) is 5.85. The Kier molecular flexibility index (Phi) is 4.80. The molecule has 1 aromatic carbocycles. The Morgan fingerprint density at radius 3 is 2.55 bits per heavy atom.